The summed E-state index contributed by atoms with van der Waals surface area (Å²) in [5.74, 6) is -1.05. The zero-order valence-corrected chi connectivity index (χ0v) is 24.5. The first-order chi connectivity index (χ1) is 21.9. The molecule has 254 valence electrons. The molecule has 2 saturated heterocycles. The van der Waals surface area contributed by atoms with Crippen molar-refractivity contribution in [2.24, 2.45) is 0 Å². The summed E-state index contributed by atoms with van der Waals surface area (Å²) in [4.78, 5) is 0. The molecule has 0 bridgehead atoms. The first-order valence-electron chi connectivity index (χ1n) is 14.1. The third-order valence-electron chi connectivity index (χ3n) is 7.88. The second-order valence-corrected chi connectivity index (χ2v) is 10.8. The summed E-state index contributed by atoms with van der Waals surface area (Å²) in [5, 5.41) is 102. The van der Waals surface area contributed by atoms with E-state index in [9.17, 15) is 51.1 Å². The Kier molecular flexibility index (Phi) is 9.99. The van der Waals surface area contributed by atoms with Crippen LogP contribution in [0.2, 0.25) is 0 Å². The second-order valence-electron chi connectivity index (χ2n) is 10.8. The Morgan fingerprint density at radius 1 is 0.652 bits per heavy atom. The quantitative estimate of drug-likeness (QED) is 0.135. The van der Waals surface area contributed by atoms with Gasteiger partial charge in [-0.25, -0.2) is 0 Å². The Labute approximate surface area is 261 Å². The van der Waals surface area contributed by atoms with Gasteiger partial charge < -0.3 is 84.2 Å². The molecule has 3 aliphatic rings. The molecule has 11 atom stereocenters. The number of aliphatic hydroxyl groups is 8. The second kappa shape index (κ2) is 13.6. The van der Waals surface area contributed by atoms with E-state index in [4.69, 9.17) is 33.2 Å². The number of rotatable bonds is 9. The third kappa shape index (κ3) is 6.21. The van der Waals surface area contributed by atoms with E-state index in [1.165, 1.54) is 38.5 Å². The maximum absolute atomic E-state index is 10.7. The topological polar surface area (TPSA) is 267 Å². The first-order valence-corrected chi connectivity index (χ1v) is 14.1. The Morgan fingerprint density at radius 2 is 1.17 bits per heavy atom. The molecule has 0 radical (unpaired) electrons. The van der Waals surface area contributed by atoms with Crippen LogP contribution in [-0.4, -0.2) is 140 Å². The predicted molar refractivity (Wildman–Crippen MR) is 150 cm³/mol. The fourth-order valence-electron chi connectivity index (χ4n) is 5.31. The van der Waals surface area contributed by atoms with E-state index in [1.54, 1.807) is 0 Å². The van der Waals surface area contributed by atoms with Gasteiger partial charge in [-0.1, -0.05) is 0 Å². The maximum Gasteiger partial charge on any atom is 0.229 e. The summed E-state index contributed by atoms with van der Waals surface area (Å²) in [7, 11) is 2.61. The van der Waals surface area contributed by atoms with Crippen molar-refractivity contribution in [2.45, 2.75) is 67.5 Å². The smallest absolute Gasteiger partial charge is 0.229 e. The molecule has 2 aromatic carbocycles. The van der Waals surface area contributed by atoms with Gasteiger partial charge in [0.1, 0.15) is 71.8 Å². The van der Waals surface area contributed by atoms with Crippen LogP contribution in [0.1, 0.15) is 17.2 Å². The van der Waals surface area contributed by atoms with Crippen LogP contribution in [-0.2, 0) is 14.2 Å². The standard InChI is InChI=1S/C29H36O17/c1-40-15-3-10(4-16(41-2)20(15)33)27-17(44-29-26(39)24(37)22(35)19(9-31)46-29)7-12-13(42-27)5-11(32)6-14(12)43-28-25(38)23(36)21(34)18(8-30)45-28/h3-7,18-19,21-39H,8-9H2,1-2H3/t18-,19-,21+,22+,23+,24+,25-,26+,27?,28-,29-/m0/s1. The molecule has 3 heterocycles. The normalized spacial score (nSPS) is 34.1. The van der Waals surface area contributed by atoms with Crippen LogP contribution in [0, 0.1) is 0 Å². The molecular weight excluding hydrogens is 620 g/mol. The number of hydrogen-bond donors (Lipinski definition) is 10. The monoisotopic (exact) mass is 656 g/mol. The number of methoxy groups -OCH3 is 2. The molecule has 0 spiro atoms. The Morgan fingerprint density at radius 3 is 1.67 bits per heavy atom. The summed E-state index contributed by atoms with van der Waals surface area (Å²) in [5.41, 5.74) is 0.330. The highest BCUT2D eigenvalue weighted by Crippen LogP contribution is 2.48. The number of phenols is 2. The average molecular weight is 657 g/mol. The third-order valence-corrected chi connectivity index (χ3v) is 7.88. The summed E-state index contributed by atoms with van der Waals surface area (Å²) < 4.78 is 39.5. The minimum Gasteiger partial charge on any atom is -0.508 e. The SMILES string of the molecule is COc1cc(C2Oc3cc(O)cc(O[C@H]4O[C@@H](CO)[C@@H](O)[C@@H](O)[C@@H]4O)c3C=C2O[C@H]2O[C@@H](CO)[C@@H](O)[C@@H](O)[C@H]2O)cc(OC)c1O. The highest BCUT2D eigenvalue weighted by atomic mass is 16.7. The molecule has 3 aliphatic heterocycles. The summed E-state index contributed by atoms with van der Waals surface area (Å²) in [6.07, 6.45) is -16.3. The number of aliphatic hydroxyl groups excluding tert-OH is 8. The van der Waals surface area contributed by atoms with Gasteiger partial charge in [0.15, 0.2) is 17.6 Å². The minimum atomic E-state index is -1.81. The lowest BCUT2D eigenvalue weighted by molar-refractivity contribution is -0.293. The number of aromatic hydroxyl groups is 2. The summed E-state index contributed by atoms with van der Waals surface area (Å²) >= 11 is 0. The average Bonchev–Trinajstić information content (AvgIpc) is 3.05. The minimum absolute atomic E-state index is 0.0153. The zero-order valence-electron chi connectivity index (χ0n) is 24.5. The molecule has 0 aliphatic carbocycles. The van der Waals surface area contributed by atoms with Gasteiger partial charge in [-0.05, 0) is 18.2 Å². The van der Waals surface area contributed by atoms with E-state index in [-0.39, 0.29) is 51.4 Å². The van der Waals surface area contributed by atoms with Crippen molar-refractivity contribution in [3.63, 3.8) is 0 Å². The number of ether oxygens (including phenoxy) is 7. The van der Waals surface area contributed by atoms with Crippen LogP contribution in [0.25, 0.3) is 6.08 Å². The van der Waals surface area contributed by atoms with Crippen LogP contribution >= 0.6 is 0 Å². The van der Waals surface area contributed by atoms with Crippen molar-refractivity contribution >= 4 is 6.08 Å². The van der Waals surface area contributed by atoms with Crippen molar-refractivity contribution < 1.29 is 84.2 Å². The molecule has 2 aromatic rings. The van der Waals surface area contributed by atoms with Crippen LogP contribution in [0.3, 0.4) is 0 Å². The predicted octanol–water partition coefficient (Wildman–Crippen LogP) is -2.42. The molecular formula is C29H36O17. The van der Waals surface area contributed by atoms with Crippen molar-refractivity contribution in [3.8, 4) is 34.5 Å². The summed E-state index contributed by atoms with van der Waals surface area (Å²) in [6, 6.07) is 5.13. The number of fused-ring (bicyclic) bond motifs is 1. The molecule has 0 amide bonds. The lowest BCUT2D eigenvalue weighted by Crippen LogP contribution is -2.60. The van der Waals surface area contributed by atoms with E-state index in [0.29, 0.717) is 0 Å². The van der Waals surface area contributed by atoms with Gasteiger partial charge >= 0.3 is 0 Å². The molecule has 46 heavy (non-hydrogen) atoms. The van der Waals surface area contributed by atoms with E-state index >= 15 is 0 Å². The lowest BCUT2D eigenvalue weighted by Gasteiger charge is -2.41. The fourth-order valence-corrected chi connectivity index (χ4v) is 5.31. The van der Waals surface area contributed by atoms with Gasteiger partial charge in [-0.3, -0.25) is 0 Å². The Bertz CT molecular complexity index is 1390. The van der Waals surface area contributed by atoms with E-state index in [1.807, 2.05) is 0 Å². The zero-order chi connectivity index (χ0) is 33.4. The van der Waals surface area contributed by atoms with Crippen molar-refractivity contribution in [3.05, 3.63) is 41.2 Å². The number of hydrogen-bond acceptors (Lipinski definition) is 17. The summed E-state index contributed by atoms with van der Waals surface area (Å²) in [6.45, 7) is -1.44. The van der Waals surface area contributed by atoms with E-state index in [0.717, 1.165) is 6.07 Å². The molecule has 10 N–H and O–H groups in total. The van der Waals surface area contributed by atoms with Crippen LogP contribution in [0.4, 0.5) is 0 Å². The van der Waals surface area contributed by atoms with E-state index < -0.39 is 80.7 Å². The number of phenolic OH excluding ortho intramolecular Hbond substituents is 2. The molecule has 5 rings (SSSR count). The van der Waals surface area contributed by atoms with Crippen molar-refractivity contribution in [1.82, 2.24) is 0 Å². The van der Waals surface area contributed by atoms with E-state index in [2.05, 4.69) is 0 Å². The molecule has 0 aromatic heterocycles. The van der Waals surface area contributed by atoms with Gasteiger partial charge in [0.2, 0.25) is 18.3 Å². The maximum atomic E-state index is 10.7. The van der Waals surface area contributed by atoms with Gasteiger partial charge in [-0.2, -0.15) is 0 Å². The largest absolute Gasteiger partial charge is 0.508 e. The fraction of sp³-hybridized carbons (Fsp3) is 0.517. The highest BCUT2D eigenvalue weighted by Gasteiger charge is 2.47. The van der Waals surface area contributed by atoms with Gasteiger partial charge in [0.25, 0.3) is 0 Å². The van der Waals surface area contributed by atoms with Gasteiger partial charge in [-0.15, -0.1) is 0 Å². The van der Waals surface area contributed by atoms with Gasteiger partial charge in [0.05, 0.1) is 33.0 Å². The lowest BCUT2D eigenvalue weighted by atomic mass is 9.98. The van der Waals surface area contributed by atoms with Crippen LogP contribution in [0.15, 0.2) is 30.0 Å². The molecule has 17 nitrogen and oxygen atoms in total. The molecule has 2 fully saturated rings. The molecule has 0 saturated carbocycles. The van der Waals surface area contributed by atoms with Gasteiger partial charge in [0, 0.05) is 17.7 Å². The van der Waals surface area contributed by atoms with Crippen LogP contribution in [0.5, 0.6) is 34.5 Å². The Balaban J connectivity index is 1.59. The molecule has 1 unspecified atom stereocenters. The Hall–Kier alpha value is -3.62. The van der Waals surface area contributed by atoms with Crippen molar-refractivity contribution in [1.29, 1.82) is 0 Å². The molecule has 17 heteroatoms. The highest BCUT2D eigenvalue weighted by molar-refractivity contribution is 5.70. The number of benzene rings is 2. The van der Waals surface area contributed by atoms with Crippen molar-refractivity contribution in [2.75, 3.05) is 27.4 Å². The van der Waals surface area contributed by atoms with Crippen LogP contribution < -0.4 is 18.9 Å². The first kappa shape index (κ1) is 33.7.